The monoisotopic (exact) mass is 406 g/mol. The van der Waals surface area contributed by atoms with Crippen molar-refractivity contribution in [1.29, 1.82) is 0 Å². The lowest BCUT2D eigenvalue weighted by Crippen LogP contribution is -2.26. The molecule has 0 atom stereocenters. The Morgan fingerprint density at radius 1 is 1.14 bits per heavy atom. The highest BCUT2D eigenvalue weighted by atomic mass is 19.4. The van der Waals surface area contributed by atoms with E-state index in [1.165, 1.54) is 4.90 Å². The number of benzene rings is 1. The molecule has 2 aromatic heterocycles. The molecule has 2 heterocycles. The summed E-state index contributed by atoms with van der Waals surface area (Å²) in [7, 11) is 1.58. The standard InChI is InChI=1S/C19H17F3N4O3/c1-12-3-4-14(9-23-12)11-28-18(27)26(2)10-13-5-7-15(8-6-13)16-24-17(29-25-16)19(20,21)22/h3-9H,10-11H2,1-2H3. The fraction of sp³-hybridized carbons (Fsp3) is 0.263. The van der Waals surface area contributed by atoms with Crippen LogP contribution in [0.4, 0.5) is 18.0 Å². The average molecular weight is 406 g/mol. The second kappa shape index (κ2) is 8.29. The number of carbonyl (C=O) groups excluding carboxylic acids is 1. The molecule has 1 amide bonds. The van der Waals surface area contributed by atoms with E-state index >= 15 is 0 Å². The Morgan fingerprint density at radius 3 is 2.41 bits per heavy atom. The number of alkyl halides is 3. The number of aryl methyl sites for hydroxylation is 1. The second-order valence-electron chi connectivity index (χ2n) is 6.34. The fourth-order valence-electron chi connectivity index (χ4n) is 2.39. The molecule has 0 spiro atoms. The number of rotatable bonds is 5. The van der Waals surface area contributed by atoms with Crippen LogP contribution < -0.4 is 0 Å². The number of amides is 1. The van der Waals surface area contributed by atoms with Crippen molar-refractivity contribution in [2.75, 3.05) is 7.05 Å². The first-order chi connectivity index (χ1) is 13.7. The normalized spacial score (nSPS) is 11.3. The molecule has 3 aromatic rings. The van der Waals surface area contributed by atoms with Crippen LogP contribution in [0.5, 0.6) is 0 Å². The van der Waals surface area contributed by atoms with Crippen LogP contribution in [0.2, 0.25) is 0 Å². The van der Waals surface area contributed by atoms with Crippen LogP contribution in [-0.4, -0.2) is 33.2 Å². The van der Waals surface area contributed by atoms with Gasteiger partial charge in [0.1, 0.15) is 6.61 Å². The largest absolute Gasteiger partial charge is 0.471 e. The van der Waals surface area contributed by atoms with Gasteiger partial charge >= 0.3 is 18.2 Å². The lowest BCUT2D eigenvalue weighted by Gasteiger charge is -2.17. The quantitative estimate of drug-likeness (QED) is 0.631. The number of halogens is 3. The van der Waals surface area contributed by atoms with Crippen molar-refractivity contribution in [3.05, 3.63) is 65.3 Å². The molecule has 0 saturated heterocycles. The number of pyridine rings is 1. The van der Waals surface area contributed by atoms with Gasteiger partial charge in [0, 0.05) is 36.6 Å². The zero-order chi connectivity index (χ0) is 21.0. The zero-order valence-corrected chi connectivity index (χ0v) is 15.6. The summed E-state index contributed by atoms with van der Waals surface area (Å²) in [5.41, 5.74) is 2.77. The topological polar surface area (TPSA) is 81.4 Å². The first-order valence-corrected chi connectivity index (χ1v) is 8.52. The Labute approximate surface area is 164 Å². The highest BCUT2D eigenvalue weighted by molar-refractivity contribution is 5.67. The molecule has 0 saturated carbocycles. The van der Waals surface area contributed by atoms with E-state index in [-0.39, 0.29) is 19.0 Å². The maximum atomic E-state index is 12.5. The van der Waals surface area contributed by atoms with Crippen LogP contribution in [0.25, 0.3) is 11.4 Å². The van der Waals surface area contributed by atoms with Crippen molar-refractivity contribution in [3.63, 3.8) is 0 Å². The molecule has 0 unspecified atom stereocenters. The van der Waals surface area contributed by atoms with Crippen LogP contribution in [0.15, 0.2) is 47.1 Å². The van der Waals surface area contributed by atoms with Gasteiger partial charge in [-0.2, -0.15) is 18.2 Å². The molecular formula is C19H17F3N4O3. The van der Waals surface area contributed by atoms with E-state index in [1.807, 2.05) is 19.1 Å². The highest BCUT2D eigenvalue weighted by Crippen LogP contribution is 2.29. The van der Waals surface area contributed by atoms with E-state index in [1.54, 1.807) is 37.5 Å². The summed E-state index contributed by atoms with van der Waals surface area (Å²) in [6.07, 6.45) is -3.56. The Kier molecular flexibility index (Phi) is 5.81. The zero-order valence-electron chi connectivity index (χ0n) is 15.6. The summed E-state index contributed by atoms with van der Waals surface area (Å²) < 4.78 is 47.1. The molecule has 0 bridgehead atoms. The van der Waals surface area contributed by atoms with Gasteiger partial charge in [0.15, 0.2) is 0 Å². The van der Waals surface area contributed by atoms with E-state index in [4.69, 9.17) is 4.74 Å². The predicted octanol–water partition coefficient (Wildman–Crippen LogP) is 4.23. The molecule has 0 aliphatic heterocycles. The SMILES string of the molecule is Cc1ccc(COC(=O)N(C)Cc2ccc(-c3noc(C(F)(F)F)n3)cc2)cn1. The van der Waals surface area contributed by atoms with E-state index in [0.29, 0.717) is 5.56 Å². The number of hydrogen-bond donors (Lipinski definition) is 0. The molecular weight excluding hydrogens is 389 g/mol. The Balaban J connectivity index is 1.56. The van der Waals surface area contributed by atoms with Crippen molar-refractivity contribution < 1.29 is 27.2 Å². The Hall–Kier alpha value is -3.43. The third-order valence-electron chi connectivity index (χ3n) is 3.95. The third kappa shape index (κ3) is 5.31. The molecule has 7 nitrogen and oxygen atoms in total. The summed E-state index contributed by atoms with van der Waals surface area (Å²) >= 11 is 0. The smallest absolute Gasteiger partial charge is 0.444 e. The number of nitrogens with zero attached hydrogens (tertiary/aromatic N) is 4. The van der Waals surface area contributed by atoms with Gasteiger partial charge in [-0.3, -0.25) is 4.98 Å². The lowest BCUT2D eigenvalue weighted by molar-refractivity contribution is -0.159. The number of aromatic nitrogens is 3. The van der Waals surface area contributed by atoms with E-state index in [2.05, 4.69) is 19.6 Å². The Morgan fingerprint density at radius 2 is 1.83 bits per heavy atom. The number of hydrogen-bond acceptors (Lipinski definition) is 6. The number of ether oxygens (including phenoxy) is 1. The summed E-state index contributed by atoms with van der Waals surface area (Å²) in [5.74, 6) is -1.56. The van der Waals surface area contributed by atoms with Crippen LogP contribution >= 0.6 is 0 Å². The summed E-state index contributed by atoms with van der Waals surface area (Å²) in [6.45, 7) is 2.23. The van der Waals surface area contributed by atoms with Gasteiger partial charge in [0.2, 0.25) is 5.82 Å². The van der Waals surface area contributed by atoms with Crippen molar-refractivity contribution in [3.8, 4) is 11.4 Å². The molecule has 29 heavy (non-hydrogen) atoms. The van der Waals surface area contributed by atoms with E-state index in [9.17, 15) is 18.0 Å². The molecule has 0 radical (unpaired) electrons. The summed E-state index contributed by atoms with van der Waals surface area (Å²) in [5, 5.41) is 3.33. The minimum Gasteiger partial charge on any atom is -0.444 e. The lowest BCUT2D eigenvalue weighted by atomic mass is 10.1. The van der Waals surface area contributed by atoms with Gasteiger partial charge in [-0.25, -0.2) is 4.79 Å². The van der Waals surface area contributed by atoms with Gasteiger partial charge in [0.25, 0.3) is 0 Å². The van der Waals surface area contributed by atoms with Crippen molar-refractivity contribution in [1.82, 2.24) is 20.0 Å². The van der Waals surface area contributed by atoms with Crippen LogP contribution in [0, 0.1) is 6.92 Å². The average Bonchev–Trinajstić information content (AvgIpc) is 3.18. The fourth-order valence-corrected chi connectivity index (χ4v) is 2.39. The number of carbonyl (C=O) groups is 1. The molecule has 0 aliphatic carbocycles. The van der Waals surface area contributed by atoms with Crippen molar-refractivity contribution in [2.24, 2.45) is 0 Å². The molecule has 0 N–H and O–H groups in total. The van der Waals surface area contributed by atoms with Gasteiger partial charge in [-0.15, -0.1) is 0 Å². The molecule has 152 valence electrons. The molecule has 1 aromatic carbocycles. The third-order valence-corrected chi connectivity index (χ3v) is 3.95. The first kappa shape index (κ1) is 20.3. The molecule has 0 aliphatic rings. The summed E-state index contributed by atoms with van der Waals surface area (Å²) in [4.78, 5) is 21.0. The second-order valence-corrected chi connectivity index (χ2v) is 6.34. The Bertz CT molecular complexity index is 970. The van der Waals surface area contributed by atoms with Gasteiger partial charge in [-0.05, 0) is 18.6 Å². The van der Waals surface area contributed by atoms with E-state index < -0.39 is 18.2 Å². The maximum absolute atomic E-state index is 12.5. The summed E-state index contributed by atoms with van der Waals surface area (Å²) in [6, 6.07) is 10.1. The highest BCUT2D eigenvalue weighted by Gasteiger charge is 2.38. The van der Waals surface area contributed by atoms with E-state index in [0.717, 1.165) is 16.8 Å². The predicted molar refractivity (Wildman–Crippen MR) is 95.4 cm³/mol. The van der Waals surface area contributed by atoms with Gasteiger partial charge < -0.3 is 14.2 Å². The van der Waals surface area contributed by atoms with Crippen molar-refractivity contribution >= 4 is 6.09 Å². The van der Waals surface area contributed by atoms with Crippen LogP contribution in [-0.2, 0) is 24.1 Å². The van der Waals surface area contributed by atoms with Crippen LogP contribution in [0.1, 0.15) is 22.7 Å². The van der Waals surface area contributed by atoms with Gasteiger partial charge in [0.05, 0.1) is 0 Å². The molecule has 3 rings (SSSR count). The maximum Gasteiger partial charge on any atom is 0.471 e. The first-order valence-electron chi connectivity index (χ1n) is 8.52. The van der Waals surface area contributed by atoms with Crippen LogP contribution in [0.3, 0.4) is 0 Å². The molecule has 10 heteroatoms. The molecule has 0 fully saturated rings. The van der Waals surface area contributed by atoms with Crippen molar-refractivity contribution in [2.45, 2.75) is 26.3 Å². The minimum absolute atomic E-state index is 0.106. The minimum atomic E-state index is -4.69. The van der Waals surface area contributed by atoms with Gasteiger partial charge in [-0.1, -0.05) is 35.5 Å².